The molecule has 9 aromatic rings. The summed E-state index contributed by atoms with van der Waals surface area (Å²) in [6, 6.07) is 66.5. The Labute approximate surface area is 302 Å². The van der Waals surface area contributed by atoms with Crippen LogP contribution < -0.4 is 0 Å². The second-order valence-electron chi connectivity index (χ2n) is 13.2. The summed E-state index contributed by atoms with van der Waals surface area (Å²) in [6.07, 6.45) is 0. The van der Waals surface area contributed by atoms with Crippen molar-refractivity contribution in [2.75, 3.05) is 0 Å². The molecule has 4 heteroatoms. The third-order valence-corrected chi connectivity index (χ3v) is 10.1. The predicted octanol–water partition coefficient (Wildman–Crippen LogP) is 11.6. The summed E-state index contributed by atoms with van der Waals surface area (Å²) in [4.78, 5) is 15.1. The number of hydrogen-bond acceptors (Lipinski definition) is 3. The molecule has 0 spiro atoms. The quantitative estimate of drug-likeness (QED) is 0.184. The van der Waals surface area contributed by atoms with Crippen LogP contribution in [-0.2, 0) is 0 Å². The van der Waals surface area contributed by atoms with Crippen LogP contribution in [-0.4, -0.2) is 19.5 Å². The van der Waals surface area contributed by atoms with Crippen LogP contribution in [0.5, 0.6) is 0 Å². The smallest absolute Gasteiger partial charge is 0.164 e. The summed E-state index contributed by atoms with van der Waals surface area (Å²) >= 11 is 0. The normalized spacial score (nSPS) is 13.2. The minimum atomic E-state index is 0.0811. The maximum absolute atomic E-state index is 5.06. The van der Waals surface area contributed by atoms with Crippen LogP contribution in [0.25, 0.3) is 73.1 Å². The standard InChI is InChI=1S/C48H32N4/c1-4-17-32(18-5-1)43-37-25-10-11-26-38(37)44-41-29-14-15-30-42(41)52(45(44)40-28-13-12-27-39(40)43)36-24-16-23-35(31-36)48-50-46(33-19-6-2-7-20-33)49-47(51-48)34-21-8-3-9-22-34/h1-31,43H. The first-order chi connectivity index (χ1) is 25.8. The van der Waals surface area contributed by atoms with Gasteiger partial charge in [0.1, 0.15) is 0 Å². The van der Waals surface area contributed by atoms with Crippen LogP contribution in [0.15, 0.2) is 188 Å². The topological polar surface area (TPSA) is 43.6 Å². The van der Waals surface area contributed by atoms with Gasteiger partial charge < -0.3 is 4.57 Å². The van der Waals surface area contributed by atoms with E-state index in [4.69, 9.17) is 15.0 Å². The van der Waals surface area contributed by atoms with E-state index in [1.54, 1.807) is 0 Å². The van der Waals surface area contributed by atoms with Crippen LogP contribution in [0.4, 0.5) is 0 Å². The summed E-state index contributed by atoms with van der Waals surface area (Å²) in [5.74, 6) is 2.00. The molecule has 0 bridgehead atoms. The highest BCUT2D eigenvalue weighted by molar-refractivity contribution is 6.08. The first-order valence-electron chi connectivity index (χ1n) is 17.7. The van der Waals surface area contributed by atoms with E-state index in [-0.39, 0.29) is 5.92 Å². The Balaban J connectivity index is 1.23. The lowest BCUT2D eigenvalue weighted by molar-refractivity contribution is 0.984. The maximum atomic E-state index is 5.06. The molecule has 244 valence electrons. The Bertz CT molecular complexity index is 2680. The van der Waals surface area contributed by atoms with Crippen LogP contribution in [0, 0.1) is 0 Å². The highest BCUT2D eigenvalue weighted by Gasteiger charge is 2.32. The van der Waals surface area contributed by atoms with Crippen molar-refractivity contribution in [1.82, 2.24) is 19.5 Å². The number of fused-ring (bicyclic) bond motifs is 7. The molecule has 7 aromatic carbocycles. The number of para-hydroxylation sites is 1. The molecule has 52 heavy (non-hydrogen) atoms. The van der Waals surface area contributed by atoms with Crippen molar-refractivity contribution in [3.63, 3.8) is 0 Å². The highest BCUT2D eigenvalue weighted by atomic mass is 15.0. The third-order valence-electron chi connectivity index (χ3n) is 10.1. The van der Waals surface area contributed by atoms with E-state index in [0.717, 1.165) is 27.9 Å². The van der Waals surface area contributed by atoms with E-state index in [1.807, 2.05) is 60.7 Å². The van der Waals surface area contributed by atoms with Crippen molar-refractivity contribution in [1.29, 1.82) is 0 Å². The van der Waals surface area contributed by atoms with Crippen molar-refractivity contribution < 1.29 is 0 Å². The van der Waals surface area contributed by atoms with E-state index in [0.29, 0.717) is 17.5 Å². The molecule has 1 unspecified atom stereocenters. The molecular formula is C48H32N4. The number of hydrogen-bond donors (Lipinski definition) is 0. The first-order valence-corrected chi connectivity index (χ1v) is 17.7. The average Bonchev–Trinajstić information content (AvgIpc) is 3.51. The van der Waals surface area contributed by atoms with Crippen molar-refractivity contribution >= 4 is 10.9 Å². The molecule has 0 radical (unpaired) electrons. The molecule has 1 atom stereocenters. The Hall–Kier alpha value is -6.91. The summed E-state index contributed by atoms with van der Waals surface area (Å²) in [5, 5.41) is 1.22. The van der Waals surface area contributed by atoms with Crippen LogP contribution in [0.1, 0.15) is 22.6 Å². The van der Waals surface area contributed by atoms with Gasteiger partial charge >= 0.3 is 0 Å². The van der Waals surface area contributed by atoms with Gasteiger partial charge in [-0.25, -0.2) is 15.0 Å². The lowest BCUT2D eigenvalue weighted by Gasteiger charge is -2.22. The molecule has 0 aliphatic heterocycles. The predicted molar refractivity (Wildman–Crippen MR) is 211 cm³/mol. The van der Waals surface area contributed by atoms with E-state index in [9.17, 15) is 0 Å². The van der Waals surface area contributed by atoms with Crippen molar-refractivity contribution in [3.8, 4) is 62.2 Å². The van der Waals surface area contributed by atoms with Gasteiger partial charge in [0.15, 0.2) is 17.5 Å². The molecular weight excluding hydrogens is 633 g/mol. The van der Waals surface area contributed by atoms with Gasteiger partial charge in [-0.05, 0) is 40.5 Å². The molecule has 2 aromatic heterocycles. The minimum absolute atomic E-state index is 0.0811. The molecule has 2 heterocycles. The van der Waals surface area contributed by atoms with Gasteiger partial charge in [-0.1, -0.05) is 170 Å². The second-order valence-corrected chi connectivity index (χ2v) is 13.2. The molecule has 0 saturated heterocycles. The van der Waals surface area contributed by atoms with Crippen LogP contribution in [0.3, 0.4) is 0 Å². The molecule has 10 rings (SSSR count). The number of rotatable bonds is 5. The Morgan fingerprint density at radius 1 is 0.404 bits per heavy atom. The molecule has 0 N–H and O–H groups in total. The Kier molecular flexibility index (Phi) is 7.17. The molecule has 1 aliphatic rings. The first kappa shape index (κ1) is 30.0. The largest absolute Gasteiger partial charge is 0.309 e. The van der Waals surface area contributed by atoms with E-state index < -0.39 is 0 Å². The Morgan fingerprint density at radius 2 is 0.904 bits per heavy atom. The van der Waals surface area contributed by atoms with Gasteiger partial charge in [0.25, 0.3) is 0 Å². The van der Waals surface area contributed by atoms with Gasteiger partial charge in [0.2, 0.25) is 0 Å². The Morgan fingerprint density at radius 3 is 1.58 bits per heavy atom. The number of benzene rings is 7. The van der Waals surface area contributed by atoms with Gasteiger partial charge in [0.05, 0.1) is 11.2 Å². The van der Waals surface area contributed by atoms with Crippen molar-refractivity contribution in [2.45, 2.75) is 5.92 Å². The zero-order valence-electron chi connectivity index (χ0n) is 28.3. The lowest BCUT2D eigenvalue weighted by atomic mass is 9.82. The SMILES string of the molecule is c1ccc(-c2nc(-c3ccccc3)nc(-c3cccc(-n4c5c(c6ccccc64)-c4ccccc4C(c4ccccc4)c4ccccc4-5)c3)n2)cc1. The molecule has 0 saturated carbocycles. The summed E-state index contributed by atoms with van der Waals surface area (Å²) in [7, 11) is 0. The summed E-state index contributed by atoms with van der Waals surface area (Å²) in [6.45, 7) is 0. The fourth-order valence-corrected chi connectivity index (χ4v) is 7.87. The number of aromatic nitrogens is 4. The minimum Gasteiger partial charge on any atom is -0.309 e. The second kappa shape index (κ2) is 12.4. The average molecular weight is 665 g/mol. The molecule has 1 aliphatic carbocycles. The van der Waals surface area contributed by atoms with E-state index >= 15 is 0 Å². The van der Waals surface area contributed by atoms with Gasteiger partial charge in [0, 0.05) is 44.8 Å². The molecule has 0 amide bonds. The summed E-state index contributed by atoms with van der Waals surface area (Å²) in [5.41, 5.74) is 13.8. The zero-order chi connectivity index (χ0) is 34.4. The van der Waals surface area contributed by atoms with Gasteiger partial charge in [-0.15, -0.1) is 0 Å². The fourth-order valence-electron chi connectivity index (χ4n) is 7.87. The van der Waals surface area contributed by atoms with Crippen LogP contribution in [0.2, 0.25) is 0 Å². The van der Waals surface area contributed by atoms with E-state index in [2.05, 4.69) is 132 Å². The highest BCUT2D eigenvalue weighted by Crippen LogP contribution is 2.52. The fraction of sp³-hybridized carbons (Fsp3) is 0.0208. The molecule has 4 nitrogen and oxygen atoms in total. The van der Waals surface area contributed by atoms with Gasteiger partial charge in [-0.3, -0.25) is 0 Å². The monoisotopic (exact) mass is 664 g/mol. The summed E-state index contributed by atoms with van der Waals surface area (Å²) < 4.78 is 2.44. The van der Waals surface area contributed by atoms with Crippen LogP contribution >= 0.6 is 0 Å². The van der Waals surface area contributed by atoms with Crippen molar-refractivity contribution in [2.24, 2.45) is 0 Å². The lowest BCUT2D eigenvalue weighted by Crippen LogP contribution is -2.05. The molecule has 0 fully saturated rings. The number of nitrogens with zero attached hydrogens (tertiary/aromatic N) is 4. The van der Waals surface area contributed by atoms with E-state index in [1.165, 1.54) is 44.5 Å². The third kappa shape index (κ3) is 4.96. The maximum Gasteiger partial charge on any atom is 0.164 e. The zero-order valence-corrected chi connectivity index (χ0v) is 28.3. The van der Waals surface area contributed by atoms with Gasteiger partial charge in [-0.2, -0.15) is 0 Å². The van der Waals surface area contributed by atoms with Crippen molar-refractivity contribution in [3.05, 3.63) is 205 Å².